The summed E-state index contributed by atoms with van der Waals surface area (Å²) in [5, 5.41) is 13.8. The Morgan fingerprint density at radius 3 is 2.00 bits per heavy atom. The van der Waals surface area contributed by atoms with Gasteiger partial charge >= 0.3 is 5.97 Å². The molecule has 0 atom stereocenters. The van der Waals surface area contributed by atoms with E-state index >= 15 is 0 Å². The second-order valence-corrected chi connectivity index (χ2v) is 0.719. The Kier molecular flexibility index (Phi) is 1.15. The molecule has 6 heavy (non-hydrogen) atoms. The van der Waals surface area contributed by atoms with Crippen LogP contribution in [0.25, 0.3) is 0 Å². The Bertz CT molecular complexity index is 75.5. The summed E-state index contributed by atoms with van der Waals surface area (Å²) in [5.74, 6) is -2.20. The fraction of sp³-hybridized carbons (Fsp3) is 0. The van der Waals surface area contributed by atoms with Crippen molar-refractivity contribution in [2.24, 2.45) is 5.73 Å². The Balaban J connectivity index is 3.57. The van der Waals surface area contributed by atoms with Crippen LogP contribution in [0.3, 0.4) is 0 Å². The average molecular weight is 88.1 g/mol. The van der Waals surface area contributed by atoms with Crippen molar-refractivity contribution >= 4 is 11.8 Å². The predicted octanol–water partition coefficient (Wildman–Crippen LogP) is -0.993. The lowest BCUT2D eigenvalue weighted by molar-refractivity contribution is -0.129. The zero-order valence-electron chi connectivity index (χ0n) is 2.93. The molecule has 0 unspecified atom stereocenters. The molecule has 4 heteroatoms. The maximum atomic E-state index is 9.35. The van der Waals surface area contributed by atoms with E-state index in [0.29, 0.717) is 0 Å². The molecule has 0 aliphatic heterocycles. The first-order valence-electron chi connectivity index (χ1n) is 1.22. The minimum Gasteiger partial charge on any atom is -0.475 e. The van der Waals surface area contributed by atoms with Gasteiger partial charge in [-0.3, -0.25) is 5.41 Å². The third kappa shape index (κ3) is 1.28. The molecule has 0 bridgehead atoms. The van der Waals surface area contributed by atoms with E-state index in [1.807, 2.05) is 0 Å². The van der Waals surface area contributed by atoms with Crippen LogP contribution < -0.4 is 5.73 Å². The van der Waals surface area contributed by atoms with Crippen molar-refractivity contribution in [3.8, 4) is 0 Å². The molecule has 0 aromatic heterocycles. The predicted molar refractivity (Wildman–Crippen MR) is 19.5 cm³/mol. The Morgan fingerprint density at radius 1 is 1.83 bits per heavy atom. The molecule has 0 aromatic carbocycles. The molecule has 0 amide bonds. The number of carboxylic acids is 1. The van der Waals surface area contributed by atoms with E-state index in [9.17, 15) is 4.79 Å². The first-order chi connectivity index (χ1) is 2.64. The third-order valence-corrected chi connectivity index (χ3v) is 0.230. The van der Waals surface area contributed by atoms with Crippen LogP contribution >= 0.6 is 0 Å². The molecule has 34 valence electrons. The van der Waals surface area contributed by atoms with Gasteiger partial charge in [-0.25, -0.2) is 4.79 Å². The third-order valence-electron chi connectivity index (χ3n) is 0.230. The largest absolute Gasteiger partial charge is 0.475 e. The van der Waals surface area contributed by atoms with Crippen LogP contribution in [0.1, 0.15) is 0 Å². The van der Waals surface area contributed by atoms with Gasteiger partial charge in [-0.15, -0.1) is 0 Å². The molecule has 0 aliphatic carbocycles. The molecule has 0 aliphatic rings. The first kappa shape index (κ1) is 4.94. The summed E-state index contributed by atoms with van der Waals surface area (Å²) in [5.41, 5.74) is 4.42. The van der Waals surface area contributed by atoms with Crippen LogP contribution in [0.5, 0.6) is 0 Å². The van der Waals surface area contributed by atoms with Gasteiger partial charge in [0.15, 0.2) is 0 Å². The van der Waals surface area contributed by atoms with Gasteiger partial charge in [0, 0.05) is 0 Å². The molecular weight excluding hydrogens is 84.0 g/mol. The Morgan fingerprint density at radius 2 is 2.00 bits per heavy atom. The van der Waals surface area contributed by atoms with E-state index in [0.717, 1.165) is 0 Å². The van der Waals surface area contributed by atoms with E-state index in [2.05, 4.69) is 5.73 Å². The Labute approximate surface area is 34.1 Å². The average Bonchev–Trinajstić information content (AvgIpc) is 1.36. The standard InChI is InChI=1S/C2H4N2O2/c3-1(4)2(5)6/h(H3,3,4)(H,5,6). The smallest absolute Gasteiger partial charge is 0.370 e. The molecule has 4 N–H and O–H groups in total. The number of amidine groups is 1. The van der Waals surface area contributed by atoms with Crippen LogP contribution in [-0.4, -0.2) is 16.9 Å². The van der Waals surface area contributed by atoms with Crippen LogP contribution in [0.4, 0.5) is 0 Å². The van der Waals surface area contributed by atoms with Crippen molar-refractivity contribution < 1.29 is 9.90 Å². The van der Waals surface area contributed by atoms with Crippen molar-refractivity contribution in [3.63, 3.8) is 0 Å². The quantitative estimate of drug-likeness (QED) is 0.262. The minimum absolute atomic E-state index is 0.824. The fourth-order valence-corrected chi connectivity index (χ4v) is 0. The van der Waals surface area contributed by atoms with Gasteiger partial charge in [-0.05, 0) is 0 Å². The van der Waals surface area contributed by atoms with Crippen LogP contribution in [-0.2, 0) is 4.79 Å². The van der Waals surface area contributed by atoms with E-state index in [4.69, 9.17) is 10.5 Å². The summed E-state index contributed by atoms with van der Waals surface area (Å²) in [4.78, 5) is 9.35. The fourth-order valence-electron chi connectivity index (χ4n) is 0. The number of carboxylic acid groups (broad SMARTS) is 1. The van der Waals surface area contributed by atoms with Crippen LogP contribution in [0, 0.1) is 5.41 Å². The summed E-state index contributed by atoms with van der Waals surface area (Å²) in [6.07, 6.45) is 0. The molecule has 0 radical (unpaired) electrons. The number of hydrogen-bond donors (Lipinski definition) is 3. The monoisotopic (exact) mass is 88.0 g/mol. The molecule has 0 fully saturated rings. The van der Waals surface area contributed by atoms with Crippen molar-refractivity contribution in [1.29, 1.82) is 5.41 Å². The summed E-state index contributed by atoms with van der Waals surface area (Å²) in [6, 6.07) is 0. The van der Waals surface area contributed by atoms with Gasteiger partial charge in [0.25, 0.3) is 0 Å². The lowest BCUT2D eigenvalue weighted by Crippen LogP contribution is -2.20. The van der Waals surface area contributed by atoms with Crippen molar-refractivity contribution in [2.45, 2.75) is 0 Å². The highest BCUT2D eigenvalue weighted by molar-refractivity contribution is 6.32. The zero-order chi connectivity index (χ0) is 5.15. The van der Waals surface area contributed by atoms with Crippen molar-refractivity contribution in [3.05, 3.63) is 0 Å². The van der Waals surface area contributed by atoms with Gasteiger partial charge in [-0.1, -0.05) is 0 Å². The molecule has 0 saturated heterocycles. The number of aliphatic carboxylic acids is 1. The second kappa shape index (κ2) is 1.40. The highest BCUT2D eigenvalue weighted by atomic mass is 16.4. The van der Waals surface area contributed by atoms with E-state index < -0.39 is 11.8 Å². The van der Waals surface area contributed by atoms with E-state index in [1.54, 1.807) is 0 Å². The van der Waals surface area contributed by atoms with Crippen molar-refractivity contribution in [1.82, 2.24) is 0 Å². The van der Waals surface area contributed by atoms with Gasteiger partial charge in [0.1, 0.15) is 0 Å². The van der Waals surface area contributed by atoms with Crippen molar-refractivity contribution in [2.75, 3.05) is 0 Å². The SMILES string of the molecule is N=C(N)C(=O)O. The minimum atomic E-state index is -1.38. The lowest BCUT2D eigenvalue weighted by Gasteiger charge is -1.78. The molecule has 0 saturated carbocycles. The lowest BCUT2D eigenvalue weighted by atomic mass is 10.6. The first-order valence-corrected chi connectivity index (χ1v) is 1.22. The Hall–Kier alpha value is -1.06. The molecule has 0 aromatic rings. The summed E-state index contributed by atoms with van der Waals surface area (Å²) in [7, 11) is 0. The normalized spacial score (nSPS) is 7.33. The topological polar surface area (TPSA) is 87.2 Å². The van der Waals surface area contributed by atoms with Gasteiger partial charge in [0.05, 0.1) is 0 Å². The summed E-state index contributed by atoms with van der Waals surface area (Å²) in [6.45, 7) is 0. The molecule has 4 nitrogen and oxygen atoms in total. The van der Waals surface area contributed by atoms with Gasteiger partial charge < -0.3 is 10.8 Å². The summed E-state index contributed by atoms with van der Waals surface area (Å²) < 4.78 is 0. The number of carbonyl (C=O) groups is 1. The van der Waals surface area contributed by atoms with Gasteiger partial charge in [0.2, 0.25) is 5.84 Å². The van der Waals surface area contributed by atoms with Crippen LogP contribution in [0.15, 0.2) is 0 Å². The highest BCUT2D eigenvalue weighted by Gasteiger charge is 1.94. The second-order valence-electron chi connectivity index (χ2n) is 0.719. The number of hydrogen-bond acceptors (Lipinski definition) is 2. The van der Waals surface area contributed by atoms with Crippen LogP contribution in [0.2, 0.25) is 0 Å². The van der Waals surface area contributed by atoms with E-state index in [-0.39, 0.29) is 0 Å². The molecule has 0 spiro atoms. The molecule has 0 heterocycles. The molecular formula is C2H4N2O2. The maximum absolute atomic E-state index is 9.35. The molecule has 0 rings (SSSR count). The maximum Gasteiger partial charge on any atom is 0.370 e. The number of nitrogens with one attached hydrogen (secondary N) is 1. The van der Waals surface area contributed by atoms with E-state index in [1.165, 1.54) is 0 Å². The summed E-state index contributed by atoms with van der Waals surface area (Å²) >= 11 is 0. The zero-order valence-corrected chi connectivity index (χ0v) is 2.93. The number of nitrogens with two attached hydrogens (primary N) is 1. The highest BCUT2D eigenvalue weighted by Crippen LogP contribution is 1.52. The van der Waals surface area contributed by atoms with Gasteiger partial charge in [-0.2, -0.15) is 0 Å². The number of rotatable bonds is 0.